The van der Waals surface area contributed by atoms with Crippen molar-refractivity contribution in [1.82, 2.24) is 10.5 Å². The van der Waals surface area contributed by atoms with Gasteiger partial charge in [0.15, 0.2) is 5.76 Å². The lowest BCUT2D eigenvalue weighted by Gasteiger charge is -1.97. The SMILES string of the molecule is O=C(C=Cc1ccccc1)NCc1cc(-c2ccco2)on1. The van der Waals surface area contributed by atoms with Crippen LogP contribution in [-0.2, 0) is 11.3 Å². The molecule has 1 N–H and O–H groups in total. The molecule has 0 aliphatic rings. The van der Waals surface area contributed by atoms with Gasteiger partial charge in [-0.2, -0.15) is 0 Å². The Kier molecular flexibility index (Phi) is 4.15. The molecular formula is C17H14N2O3. The number of rotatable bonds is 5. The molecule has 0 spiro atoms. The molecule has 2 heterocycles. The number of hydrogen-bond donors (Lipinski definition) is 1. The second kappa shape index (κ2) is 6.58. The molecule has 0 bridgehead atoms. The number of benzene rings is 1. The zero-order chi connectivity index (χ0) is 15.2. The average Bonchev–Trinajstić information content (AvgIpc) is 3.22. The Morgan fingerprint density at radius 3 is 2.77 bits per heavy atom. The second-order valence-corrected chi connectivity index (χ2v) is 4.62. The number of furan rings is 1. The summed E-state index contributed by atoms with van der Waals surface area (Å²) < 4.78 is 10.4. The maximum Gasteiger partial charge on any atom is 0.244 e. The van der Waals surface area contributed by atoms with Gasteiger partial charge in [-0.1, -0.05) is 35.5 Å². The van der Waals surface area contributed by atoms with Crippen LogP contribution >= 0.6 is 0 Å². The van der Waals surface area contributed by atoms with Gasteiger partial charge in [0.1, 0.15) is 5.69 Å². The molecule has 0 aliphatic heterocycles. The van der Waals surface area contributed by atoms with Crippen molar-refractivity contribution in [1.29, 1.82) is 0 Å². The lowest BCUT2D eigenvalue weighted by molar-refractivity contribution is -0.116. The molecule has 22 heavy (non-hydrogen) atoms. The number of carbonyl (C=O) groups excluding carboxylic acids is 1. The van der Waals surface area contributed by atoms with Gasteiger partial charge in [-0.25, -0.2) is 0 Å². The fraction of sp³-hybridized carbons (Fsp3) is 0.0588. The highest BCUT2D eigenvalue weighted by atomic mass is 16.5. The maximum absolute atomic E-state index is 11.8. The smallest absolute Gasteiger partial charge is 0.244 e. The highest BCUT2D eigenvalue weighted by Gasteiger charge is 2.09. The van der Waals surface area contributed by atoms with E-state index in [2.05, 4.69) is 10.5 Å². The molecule has 0 unspecified atom stereocenters. The van der Waals surface area contributed by atoms with Crippen LogP contribution in [0.1, 0.15) is 11.3 Å². The monoisotopic (exact) mass is 294 g/mol. The van der Waals surface area contributed by atoms with Gasteiger partial charge in [0.05, 0.1) is 12.8 Å². The molecule has 0 fully saturated rings. The van der Waals surface area contributed by atoms with E-state index in [1.165, 1.54) is 6.08 Å². The molecule has 5 nitrogen and oxygen atoms in total. The molecule has 2 aromatic heterocycles. The van der Waals surface area contributed by atoms with E-state index in [0.717, 1.165) is 5.56 Å². The Hall–Kier alpha value is -3.08. The third-order valence-corrected chi connectivity index (χ3v) is 2.99. The van der Waals surface area contributed by atoms with Crippen molar-refractivity contribution in [3.8, 4) is 11.5 Å². The number of nitrogens with one attached hydrogen (secondary N) is 1. The first-order chi connectivity index (χ1) is 10.8. The molecule has 3 rings (SSSR count). The number of hydrogen-bond acceptors (Lipinski definition) is 4. The van der Waals surface area contributed by atoms with Gasteiger partial charge in [-0.05, 0) is 23.8 Å². The van der Waals surface area contributed by atoms with E-state index in [9.17, 15) is 4.79 Å². The Labute approximate surface area is 127 Å². The molecular weight excluding hydrogens is 280 g/mol. The summed E-state index contributed by atoms with van der Waals surface area (Å²) in [5.41, 5.74) is 1.60. The summed E-state index contributed by atoms with van der Waals surface area (Å²) in [6.45, 7) is 0.294. The average molecular weight is 294 g/mol. The maximum atomic E-state index is 11.8. The van der Waals surface area contributed by atoms with Crippen molar-refractivity contribution >= 4 is 12.0 Å². The predicted octanol–water partition coefficient (Wildman–Crippen LogP) is 3.26. The number of carbonyl (C=O) groups is 1. The van der Waals surface area contributed by atoms with E-state index in [4.69, 9.17) is 8.94 Å². The van der Waals surface area contributed by atoms with Crippen LogP contribution in [0.25, 0.3) is 17.6 Å². The van der Waals surface area contributed by atoms with Crippen molar-refractivity contribution in [2.45, 2.75) is 6.54 Å². The Morgan fingerprint density at radius 2 is 2.00 bits per heavy atom. The molecule has 0 saturated carbocycles. The van der Waals surface area contributed by atoms with Crippen LogP contribution in [0.4, 0.5) is 0 Å². The predicted molar refractivity (Wildman–Crippen MR) is 81.5 cm³/mol. The standard InChI is InChI=1S/C17H14N2O3/c20-17(9-8-13-5-2-1-3-6-13)18-12-14-11-16(22-19-14)15-7-4-10-21-15/h1-11H,12H2,(H,18,20). The van der Waals surface area contributed by atoms with E-state index in [0.29, 0.717) is 23.8 Å². The van der Waals surface area contributed by atoms with Crippen molar-refractivity contribution in [3.05, 3.63) is 72.1 Å². The first-order valence-corrected chi connectivity index (χ1v) is 6.82. The summed E-state index contributed by atoms with van der Waals surface area (Å²) in [7, 11) is 0. The third-order valence-electron chi connectivity index (χ3n) is 2.99. The normalized spacial score (nSPS) is 10.9. The topological polar surface area (TPSA) is 68.3 Å². The van der Waals surface area contributed by atoms with Crippen LogP contribution in [0.2, 0.25) is 0 Å². The van der Waals surface area contributed by atoms with Crippen molar-refractivity contribution < 1.29 is 13.7 Å². The molecule has 1 amide bonds. The summed E-state index contributed by atoms with van der Waals surface area (Å²) >= 11 is 0. The van der Waals surface area contributed by atoms with Crippen LogP contribution < -0.4 is 5.32 Å². The molecule has 0 aliphatic carbocycles. The zero-order valence-electron chi connectivity index (χ0n) is 11.7. The highest BCUT2D eigenvalue weighted by Crippen LogP contribution is 2.20. The second-order valence-electron chi connectivity index (χ2n) is 4.62. The summed E-state index contributed by atoms with van der Waals surface area (Å²) in [5, 5.41) is 6.64. The molecule has 5 heteroatoms. The van der Waals surface area contributed by atoms with Crippen LogP contribution in [0, 0.1) is 0 Å². The summed E-state index contributed by atoms with van der Waals surface area (Å²) in [5.74, 6) is 0.953. The lowest BCUT2D eigenvalue weighted by atomic mass is 10.2. The van der Waals surface area contributed by atoms with E-state index < -0.39 is 0 Å². The summed E-state index contributed by atoms with van der Waals surface area (Å²) in [6, 6.07) is 14.9. The first kappa shape index (κ1) is 13.9. The van der Waals surface area contributed by atoms with E-state index in [-0.39, 0.29) is 5.91 Å². The van der Waals surface area contributed by atoms with Gasteiger partial charge in [-0.15, -0.1) is 0 Å². The van der Waals surface area contributed by atoms with Crippen molar-refractivity contribution in [2.75, 3.05) is 0 Å². The zero-order valence-corrected chi connectivity index (χ0v) is 11.7. The Bertz CT molecular complexity index is 758. The van der Waals surface area contributed by atoms with Crippen LogP contribution in [0.3, 0.4) is 0 Å². The molecule has 3 aromatic rings. The minimum absolute atomic E-state index is 0.189. The third kappa shape index (κ3) is 3.52. The van der Waals surface area contributed by atoms with E-state index in [1.54, 1.807) is 30.5 Å². The van der Waals surface area contributed by atoms with Crippen LogP contribution in [0.15, 0.2) is 69.8 Å². The minimum Gasteiger partial charge on any atom is -0.461 e. The number of aromatic nitrogens is 1. The lowest BCUT2D eigenvalue weighted by Crippen LogP contribution is -2.20. The number of nitrogens with zero attached hydrogens (tertiary/aromatic N) is 1. The molecule has 0 radical (unpaired) electrons. The van der Waals surface area contributed by atoms with Crippen LogP contribution in [-0.4, -0.2) is 11.1 Å². The molecule has 0 saturated heterocycles. The summed E-state index contributed by atoms with van der Waals surface area (Å²) in [6.07, 6.45) is 4.81. The molecule has 110 valence electrons. The minimum atomic E-state index is -0.189. The van der Waals surface area contributed by atoms with Gasteiger partial charge in [0, 0.05) is 12.1 Å². The Morgan fingerprint density at radius 1 is 1.14 bits per heavy atom. The Balaban J connectivity index is 1.54. The van der Waals surface area contributed by atoms with Crippen LogP contribution in [0.5, 0.6) is 0 Å². The fourth-order valence-corrected chi connectivity index (χ4v) is 1.90. The van der Waals surface area contributed by atoms with Gasteiger partial charge >= 0.3 is 0 Å². The van der Waals surface area contributed by atoms with Gasteiger partial charge in [0.25, 0.3) is 0 Å². The summed E-state index contributed by atoms with van der Waals surface area (Å²) in [4.78, 5) is 11.8. The van der Waals surface area contributed by atoms with Gasteiger partial charge in [0.2, 0.25) is 11.7 Å². The number of amides is 1. The van der Waals surface area contributed by atoms with Gasteiger partial charge < -0.3 is 14.3 Å². The van der Waals surface area contributed by atoms with Gasteiger partial charge in [-0.3, -0.25) is 4.79 Å². The van der Waals surface area contributed by atoms with E-state index in [1.807, 2.05) is 30.3 Å². The quantitative estimate of drug-likeness (QED) is 0.733. The van der Waals surface area contributed by atoms with E-state index >= 15 is 0 Å². The fourth-order valence-electron chi connectivity index (χ4n) is 1.90. The van der Waals surface area contributed by atoms with Crippen molar-refractivity contribution in [3.63, 3.8) is 0 Å². The molecule has 1 aromatic carbocycles. The highest BCUT2D eigenvalue weighted by molar-refractivity contribution is 5.91. The largest absolute Gasteiger partial charge is 0.461 e. The first-order valence-electron chi connectivity index (χ1n) is 6.82. The van der Waals surface area contributed by atoms with Crippen molar-refractivity contribution in [2.24, 2.45) is 0 Å². The molecule has 0 atom stereocenters.